The molecule has 2 bridgehead atoms. The third-order valence-electron chi connectivity index (χ3n) is 9.78. The zero-order valence-corrected chi connectivity index (χ0v) is 37.4. The molecule has 2 N–H and O–H groups in total. The number of fused-ring (bicyclic) bond motifs is 4. The molecular weight excluding hydrogens is 657 g/mol. The summed E-state index contributed by atoms with van der Waals surface area (Å²) in [6, 6.07) is 12.9. The minimum atomic E-state index is 0.519. The number of hydrogen-bond donors (Lipinski definition) is 2. The summed E-state index contributed by atoms with van der Waals surface area (Å²) in [6.07, 6.45) is 8.67. The van der Waals surface area contributed by atoms with Crippen molar-refractivity contribution in [3.63, 3.8) is 0 Å². The molecule has 4 fully saturated rings. The van der Waals surface area contributed by atoms with Crippen LogP contribution < -0.4 is 15.1 Å². The molecule has 4 aliphatic rings. The van der Waals surface area contributed by atoms with Gasteiger partial charge in [0.05, 0.1) is 0 Å². The van der Waals surface area contributed by atoms with E-state index in [9.17, 15) is 0 Å². The van der Waals surface area contributed by atoms with Crippen LogP contribution in [0.15, 0.2) is 36.4 Å². The van der Waals surface area contributed by atoms with Gasteiger partial charge >= 0.3 is 0 Å². The number of rotatable bonds is 8. The van der Waals surface area contributed by atoms with Crippen molar-refractivity contribution in [2.24, 2.45) is 5.92 Å². The van der Waals surface area contributed by atoms with E-state index in [1.165, 1.54) is 113 Å². The van der Waals surface area contributed by atoms with E-state index in [4.69, 9.17) is 5.41 Å². The third kappa shape index (κ3) is 23.0. The van der Waals surface area contributed by atoms with Gasteiger partial charge in [-0.1, -0.05) is 51.5 Å². The maximum atomic E-state index is 7.25. The zero-order chi connectivity index (χ0) is 40.3. The van der Waals surface area contributed by atoms with E-state index in [0.717, 1.165) is 19.0 Å². The van der Waals surface area contributed by atoms with Crippen molar-refractivity contribution in [3.8, 4) is 0 Å². The quantitative estimate of drug-likeness (QED) is 0.239. The maximum Gasteiger partial charge on any atom is 0.192 e. The lowest BCUT2D eigenvalue weighted by Crippen LogP contribution is -2.41. The normalized spacial score (nSPS) is 17.0. The standard InChI is InChI=1S/C14H18N2.C7H13N.C6H16N2.C6H15N.C5H13N3.C5H11N/c1-15(2)12-9-5-7-11-8-6-10-13(14(11)12)16(3)4;1-4-8-5-2-7(1)3-6-8;1-7(2)5-6-8(3)4;1-4-7(5-2)6-3;1-7(2)5(6)8(3)4;1-2-4-6-5-3-1/h5-10H,1-4H3;7H,1-6H2;5-6H2,1-4H3;4-6H2,1-3H3;6H,1-4H3;6H,1-5H2. The topological polar surface area (TPSA) is 61.8 Å². The minimum Gasteiger partial charge on any atom is -0.377 e. The van der Waals surface area contributed by atoms with E-state index in [1.54, 1.807) is 9.80 Å². The van der Waals surface area contributed by atoms with Crippen LogP contribution in [0.25, 0.3) is 10.8 Å². The summed E-state index contributed by atoms with van der Waals surface area (Å²) >= 11 is 0. The van der Waals surface area contributed by atoms with Crippen LogP contribution in [0.4, 0.5) is 11.4 Å². The van der Waals surface area contributed by atoms with Crippen molar-refractivity contribution >= 4 is 28.1 Å². The molecular formula is C43H86N10. The lowest BCUT2D eigenvalue weighted by molar-refractivity contribution is 0.111. The van der Waals surface area contributed by atoms with Gasteiger partial charge in [-0.2, -0.15) is 0 Å². The second-order valence-corrected chi connectivity index (χ2v) is 15.7. The van der Waals surface area contributed by atoms with Crippen LogP contribution in [0.2, 0.25) is 0 Å². The lowest BCUT2D eigenvalue weighted by Gasteiger charge is -2.38. The molecule has 0 saturated carbocycles. The summed E-state index contributed by atoms with van der Waals surface area (Å²) in [6.45, 7) is 19.1. The van der Waals surface area contributed by atoms with Crippen molar-refractivity contribution in [1.29, 1.82) is 5.41 Å². The van der Waals surface area contributed by atoms with Crippen molar-refractivity contribution in [3.05, 3.63) is 36.4 Å². The molecule has 0 atom stereocenters. The minimum absolute atomic E-state index is 0.519. The first-order valence-electron chi connectivity index (χ1n) is 20.3. The van der Waals surface area contributed by atoms with E-state index in [0.29, 0.717) is 5.96 Å². The highest BCUT2D eigenvalue weighted by atomic mass is 15.3. The monoisotopic (exact) mass is 743 g/mol. The van der Waals surface area contributed by atoms with Crippen molar-refractivity contribution in [1.82, 2.24) is 34.7 Å². The molecule has 10 nitrogen and oxygen atoms in total. The Kier molecular flexibility index (Phi) is 28.2. The molecule has 4 aliphatic heterocycles. The van der Waals surface area contributed by atoms with Crippen molar-refractivity contribution in [2.75, 3.05) is 160 Å². The number of anilines is 2. The molecule has 0 aromatic heterocycles. The predicted octanol–water partition coefficient (Wildman–Crippen LogP) is 6.34. The fourth-order valence-corrected chi connectivity index (χ4v) is 6.18. The molecule has 6 rings (SSSR count). The number of benzene rings is 2. The Balaban J connectivity index is 0.000000639. The van der Waals surface area contributed by atoms with E-state index < -0.39 is 0 Å². The molecule has 0 radical (unpaired) electrons. The van der Waals surface area contributed by atoms with E-state index >= 15 is 0 Å². The van der Waals surface area contributed by atoms with Crippen LogP contribution in [0.5, 0.6) is 0 Å². The Hall–Kier alpha value is -2.63. The van der Waals surface area contributed by atoms with E-state index in [2.05, 4.69) is 148 Å². The highest BCUT2D eigenvalue weighted by Gasteiger charge is 2.24. The van der Waals surface area contributed by atoms with Gasteiger partial charge < -0.3 is 44.5 Å². The molecule has 0 amide bonds. The van der Waals surface area contributed by atoms with Crippen LogP contribution in [-0.4, -0.2) is 185 Å². The highest BCUT2D eigenvalue weighted by molar-refractivity contribution is 6.03. The Morgan fingerprint density at radius 1 is 0.623 bits per heavy atom. The van der Waals surface area contributed by atoms with Gasteiger partial charge in [0.15, 0.2) is 5.96 Å². The molecule has 308 valence electrons. The lowest BCUT2D eigenvalue weighted by atomic mass is 9.89. The number of hydrogen-bond acceptors (Lipinski definition) is 8. The highest BCUT2D eigenvalue weighted by Crippen LogP contribution is 2.33. The molecule has 0 aliphatic carbocycles. The van der Waals surface area contributed by atoms with Crippen LogP contribution in [0.3, 0.4) is 0 Å². The number of nitrogens with one attached hydrogen (secondary N) is 2. The van der Waals surface area contributed by atoms with Gasteiger partial charge in [-0.15, -0.1) is 0 Å². The molecule has 0 unspecified atom stereocenters. The second-order valence-electron chi connectivity index (χ2n) is 15.7. The average molecular weight is 743 g/mol. The molecule has 10 heteroatoms. The van der Waals surface area contributed by atoms with Crippen LogP contribution >= 0.6 is 0 Å². The van der Waals surface area contributed by atoms with Crippen LogP contribution in [0, 0.1) is 11.3 Å². The predicted molar refractivity (Wildman–Crippen MR) is 239 cm³/mol. The summed E-state index contributed by atoms with van der Waals surface area (Å²) < 4.78 is 0. The summed E-state index contributed by atoms with van der Waals surface area (Å²) in [5.74, 6) is 1.63. The van der Waals surface area contributed by atoms with Gasteiger partial charge in [0.1, 0.15) is 0 Å². The Morgan fingerprint density at radius 2 is 1.02 bits per heavy atom. The Bertz CT molecular complexity index is 1060. The van der Waals surface area contributed by atoms with Gasteiger partial charge in [-0.3, -0.25) is 5.41 Å². The number of likely N-dealkylation sites (N-methyl/N-ethyl adjacent to an activating group) is 2. The Labute approximate surface area is 328 Å². The zero-order valence-electron chi connectivity index (χ0n) is 37.4. The van der Waals surface area contributed by atoms with Gasteiger partial charge in [0, 0.05) is 86.2 Å². The molecule has 53 heavy (non-hydrogen) atoms. The van der Waals surface area contributed by atoms with E-state index in [1.807, 2.05) is 28.2 Å². The second kappa shape index (κ2) is 29.7. The number of nitrogens with zero attached hydrogens (tertiary/aromatic N) is 8. The summed E-state index contributed by atoms with van der Waals surface area (Å²) in [5, 5.41) is 13.1. The first kappa shape index (κ1) is 50.4. The van der Waals surface area contributed by atoms with Gasteiger partial charge in [0.25, 0.3) is 0 Å². The smallest absolute Gasteiger partial charge is 0.192 e. The molecule has 4 saturated heterocycles. The summed E-state index contributed by atoms with van der Waals surface area (Å²) in [7, 11) is 24.1. The summed E-state index contributed by atoms with van der Waals surface area (Å²) in [4.78, 5) is 17.1. The van der Waals surface area contributed by atoms with Gasteiger partial charge in [-0.25, -0.2) is 0 Å². The molecule has 2 aromatic rings. The fourth-order valence-electron chi connectivity index (χ4n) is 6.18. The maximum absolute atomic E-state index is 7.25. The van der Waals surface area contributed by atoms with Crippen LogP contribution in [-0.2, 0) is 0 Å². The number of guanidine groups is 1. The number of piperidine rings is 4. The Morgan fingerprint density at radius 3 is 1.19 bits per heavy atom. The molecule has 0 spiro atoms. The van der Waals surface area contributed by atoms with Crippen molar-refractivity contribution in [2.45, 2.75) is 59.3 Å². The third-order valence-corrected chi connectivity index (χ3v) is 9.78. The van der Waals surface area contributed by atoms with Gasteiger partial charge in [0.2, 0.25) is 0 Å². The molecule has 2 aromatic carbocycles. The fraction of sp³-hybridized carbons (Fsp3) is 0.744. The first-order valence-corrected chi connectivity index (χ1v) is 20.3. The van der Waals surface area contributed by atoms with Crippen LogP contribution in [0.1, 0.15) is 59.3 Å². The van der Waals surface area contributed by atoms with Crippen molar-refractivity contribution < 1.29 is 0 Å². The van der Waals surface area contributed by atoms with E-state index in [-0.39, 0.29) is 0 Å². The first-order chi connectivity index (χ1) is 25.1. The SMILES string of the molecule is C1CCNCC1.C1CN2CCC1CC2.CCN(CC)CC.CN(C)C(=N)N(C)C.CN(C)CCN(C)C.CN(C)c1cccc2cccc(N(C)C)c12. The summed E-state index contributed by atoms with van der Waals surface area (Å²) in [5.41, 5.74) is 2.53. The largest absolute Gasteiger partial charge is 0.377 e. The molecule has 4 heterocycles. The van der Waals surface area contributed by atoms with Gasteiger partial charge in [-0.05, 0) is 136 Å². The average Bonchev–Trinajstić information content (AvgIpc) is 3.16.